The molecule has 0 radical (unpaired) electrons. The SMILES string of the molecule is CN1CC=C(Cc2cn(-c3ccccc3)c3ccccc23)CC1. The highest BCUT2D eigenvalue weighted by atomic mass is 15.1. The van der Waals surface area contributed by atoms with E-state index in [4.69, 9.17) is 0 Å². The Balaban J connectivity index is 1.76. The van der Waals surface area contributed by atoms with Gasteiger partial charge in [-0.05, 0) is 43.7 Å². The highest BCUT2D eigenvalue weighted by Gasteiger charge is 2.13. The lowest BCUT2D eigenvalue weighted by molar-refractivity contribution is 0.357. The number of hydrogen-bond acceptors (Lipinski definition) is 1. The van der Waals surface area contributed by atoms with Gasteiger partial charge in [0, 0.05) is 30.4 Å². The summed E-state index contributed by atoms with van der Waals surface area (Å²) in [6.07, 6.45) is 6.97. The fraction of sp³-hybridized carbons (Fsp3) is 0.238. The maximum Gasteiger partial charge on any atom is 0.0531 e. The van der Waals surface area contributed by atoms with Crippen molar-refractivity contribution in [2.45, 2.75) is 12.8 Å². The van der Waals surface area contributed by atoms with Crippen molar-refractivity contribution >= 4 is 10.9 Å². The Morgan fingerprint density at radius 2 is 1.74 bits per heavy atom. The fourth-order valence-electron chi connectivity index (χ4n) is 3.41. The lowest BCUT2D eigenvalue weighted by atomic mass is 9.99. The maximum atomic E-state index is 2.40. The van der Waals surface area contributed by atoms with E-state index in [0.717, 1.165) is 13.0 Å². The molecule has 2 aromatic carbocycles. The number of nitrogens with zero attached hydrogens (tertiary/aromatic N) is 2. The second-order valence-corrected chi connectivity index (χ2v) is 6.43. The van der Waals surface area contributed by atoms with Gasteiger partial charge >= 0.3 is 0 Å². The van der Waals surface area contributed by atoms with Crippen LogP contribution in [0.2, 0.25) is 0 Å². The van der Waals surface area contributed by atoms with Crippen molar-refractivity contribution in [3.63, 3.8) is 0 Å². The van der Waals surface area contributed by atoms with Gasteiger partial charge in [0.1, 0.15) is 0 Å². The molecule has 2 heteroatoms. The monoisotopic (exact) mass is 302 g/mol. The van der Waals surface area contributed by atoms with Gasteiger partial charge in [-0.1, -0.05) is 48.0 Å². The predicted octanol–water partition coefficient (Wildman–Crippen LogP) is 4.43. The average molecular weight is 302 g/mol. The minimum absolute atomic E-state index is 1.06. The Labute approximate surface area is 137 Å². The van der Waals surface area contributed by atoms with Crippen molar-refractivity contribution in [2.24, 2.45) is 0 Å². The molecule has 0 fully saturated rings. The van der Waals surface area contributed by atoms with Gasteiger partial charge in [-0.3, -0.25) is 0 Å². The van der Waals surface area contributed by atoms with Crippen LogP contribution in [0.3, 0.4) is 0 Å². The highest BCUT2D eigenvalue weighted by Crippen LogP contribution is 2.27. The first-order valence-corrected chi connectivity index (χ1v) is 8.32. The van der Waals surface area contributed by atoms with E-state index in [1.54, 1.807) is 5.57 Å². The zero-order valence-corrected chi connectivity index (χ0v) is 13.6. The van der Waals surface area contributed by atoms with Crippen LogP contribution < -0.4 is 0 Å². The zero-order chi connectivity index (χ0) is 15.6. The topological polar surface area (TPSA) is 8.17 Å². The molecular formula is C21H22N2. The number of para-hydroxylation sites is 2. The van der Waals surface area contributed by atoms with Crippen LogP contribution in [0, 0.1) is 0 Å². The van der Waals surface area contributed by atoms with Gasteiger partial charge in [0.2, 0.25) is 0 Å². The summed E-state index contributed by atoms with van der Waals surface area (Å²) in [5, 5.41) is 1.37. The normalized spacial score (nSPS) is 15.8. The summed E-state index contributed by atoms with van der Waals surface area (Å²) in [5.41, 5.74) is 5.52. The minimum Gasteiger partial charge on any atom is -0.316 e. The summed E-state index contributed by atoms with van der Waals surface area (Å²) in [6, 6.07) is 19.3. The molecule has 0 aliphatic carbocycles. The number of benzene rings is 2. The number of hydrogen-bond donors (Lipinski definition) is 0. The molecule has 1 aromatic heterocycles. The van der Waals surface area contributed by atoms with E-state index in [-0.39, 0.29) is 0 Å². The van der Waals surface area contributed by atoms with Crippen molar-refractivity contribution in [3.8, 4) is 5.69 Å². The first-order chi connectivity index (χ1) is 11.3. The average Bonchev–Trinajstić information content (AvgIpc) is 2.97. The van der Waals surface area contributed by atoms with Crippen LogP contribution in [0.4, 0.5) is 0 Å². The molecule has 0 unspecified atom stereocenters. The molecule has 0 saturated carbocycles. The maximum absolute atomic E-state index is 2.40. The number of aromatic nitrogens is 1. The molecule has 0 amide bonds. The van der Waals surface area contributed by atoms with Gasteiger partial charge in [0.15, 0.2) is 0 Å². The smallest absolute Gasteiger partial charge is 0.0531 e. The number of fused-ring (bicyclic) bond motifs is 1. The molecule has 4 rings (SSSR count). The number of rotatable bonds is 3. The molecule has 23 heavy (non-hydrogen) atoms. The van der Waals surface area contributed by atoms with Gasteiger partial charge in [0.25, 0.3) is 0 Å². The quantitative estimate of drug-likeness (QED) is 0.650. The molecule has 116 valence electrons. The van der Waals surface area contributed by atoms with E-state index in [1.807, 2.05) is 0 Å². The zero-order valence-electron chi connectivity index (χ0n) is 13.6. The van der Waals surface area contributed by atoms with E-state index in [2.05, 4.69) is 83.4 Å². The Morgan fingerprint density at radius 1 is 0.957 bits per heavy atom. The van der Waals surface area contributed by atoms with Crippen molar-refractivity contribution in [2.75, 3.05) is 20.1 Å². The van der Waals surface area contributed by atoms with Crippen LogP contribution >= 0.6 is 0 Å². The standard InChI is InChI=1S/C21H22N2/c1-22-13-11-17(12-14-22)15-18-16-23(19-7-3-2-4-8-19)21-10-6-5-9-20(18)21/h2-11,16H,12-15H2,1H3. The summed E-state index contributed by atoms with van der Waals surface area (Å²) < 4.78 is 2.32. The fourth-order valence-corrected chi connectivity index (χ4v) is 3.41. The minimum atomic E-state index is 1.06. The van der Waals surface area contributed by atoms with Crippen LogP contribution in [0.15, 0.2) is 72.4 Å². The summed E-state index contributed by atoms with van der Waals surface area (Å²) >= 11 is 0. The summed E-state index contributed by atoms with van der Waals surface area (Å²) in [5.74, 6) is 0. The Hall–Kier alpha value is -2.32. The Bertz CT molecular complexity index is 843. The molecule has 2 nitrogen and oxygen atoms in total. The molecular weight excluding hydrogens is 280 g/mol. The molecule has 0 atom stereocenters. The third-order valence-corrected chi connectivity index (χ3v) is 4.75. The van der Waals surface area contributed by atoms with Crippen molar-refractivity contribution in [1.82, 2.24) is 9.47 Å². The molecule has 0 spiro atoms. The first kappa shape index (κ1) is 14.3. The van der Waals surface area contributed by atoms with E-state index < -0.39 is 0 Å². The van der Waals surface area contributed by atoms with Gasteiger partial charge in [-0.15, -0.1) is 0 Å². The highest BCUT2D eigenvalue weighted by molar-refractivity contribution is 5.86. The van der Waals surface area contributed by atoms with E-state index in [1.165, 1.54) is 35.1 Å². The second kappa shape index (κ2) is 6.05. The molecule has 0 N–H and O–H groups in total. The first-order valence-electron chi connectivity index (χ1n) is 8.32. The molecule has 3 aromatic rings. The van der Waals surface area contributed by atoms with Crippen LogP contribution in [0.1, 0.15) is 12.0 Å². The van der Waals surface area contributed by atoms with Crippen LogP contribution in [0.5, 0.6) is 0 Å². The van der Waals surface area contributed by atoms with Gasteiger partial charge in [-0.2, -0.15) is 0 Å². The predicted molar refractivity (Wildman–Crippen MR) is 97.2 cm³/mol. The van der Waals surface area contributed by atoms with Crippen LogP contribution in [0.25, 0.3) is 16.6 Å². The van der Waals surface area contributed by atoms with E-state index in [0.29, 0.717) is 0 Å². The largest absolute Gasteiger partial charge is 0.316 e. The molecule has 1 aliphatic rings. The summed E-state index contributed by atoms with van der Waals surface area (Å²) in [7, 11) is 2.19. The molecule has 2 heterocycles. The van der Waals surface area contributed by atoms with Crippen LogP contribution in [-0.4, -0.2) is 29.6 Å². The molecule has 1 aliphatic heterocycles. The third-order valence-electron chi connectivity index (χ3n) is 4.75. The van der Waals surface area contributed by atoms with Crippen molar-refractivity contribution in [1.29, 1.82) is 0 Å². The summed E-state index contributed by atoms with van der Waals surface area (Å²) in [4.78, 5) is 2.37. The third kappa shape index (κ3) is 2.82. The number of likely N-dealkylation sites (N-methyl/N-ethyl adjacent to an activating group) is 1. The van der Waals surface area contributed by atoms with Gasteiger partial charge in [-0.25, -0.2) is 0 Å². The van der Waals surface area contributed by atoms with Crippen molar-refractivity contribution < 1.29 is 0 Å². The van der Waals surface area contributed by atoms with Crippen molar-refractivity contribution in [3.05, 3.63) is 78.0 Å². The lowest BCUT2D eigenvalue weighted by Gasteiger charge is -2.21. The Kier molecular flexibility index (Phi) is 3.76. The molecule has 0 bridgehead atoms. The molecule has 0 saturated heterocycles. The van der Waals surface area contributed by atoms with Crippen LogP contribution in [-0.2, 0) is 6.42 Å². The summed E-state index contributed by atoms with van der Waals surface area (Å²) in [6.45, 7) is 2.25. The van der Waals surface area contributed by atoms with E-state index in [9.17, 15) is 0 Å². The Morgan fingerprint density at radius 3 is 2.52 bits per heavy atom. The second-order valence-electron chi connectivity index (χ2n) is 6.43. The van der Waals surface area contributed by atoms with Gasteiger partial charge < -0.3 is 9.47 Å². The lowest BCUT2D eigenvalue weighted by Crippen LogP contribution is -2.24. The van der Waals surface area contributed by atoms with E-state index >= 15 is 0 Å². The van der Waals surface area contributed by atoms with Gasteiger partial charge in [0.05, 0.1) is 5.52 Å².